The molecule has 0 heterocycles. The normalized spacial score (nSPS) is 20.4. The van der Waals surface area contributed by atoms with E-state index in [1.807, 2.05) is 0 Å². The summed E-state index contributed by atoms with van der Waals surface area (Å²) in [6, 6.07) is 0. The summed E-state index contributed by atoms with van der Waals surface area (Å²) in [7, 11) is 0. The summed E-state index contributed by atoms with van der Waals surface area (Å²) in [4.78, 5) is 13.0. The molecule has 0 spiro atoms. The molecule has 6 nitrogen and oxygen atoms in total. The average molecular weight is 198 g/mol. The Hall–Kier alpha value is -0.600. The fourth-order valence-electron chi connectivity index (χ4n) is 0.684. The molecule has 0 rings (SSSR count). The first-order valence-corrected chi connectivity index (χ1v) is 3.46. The molecular formula is C6H11FO6. The molecule has 13 heavy (non-hydrogen) atoms. The molecule has 0 bridgehead atoms. The van der Waals surface area contributed by atoms with Crippen LogP contribution in [0.3, 0.4) is 0 Å². The van der Waals surface area contributed by atoms with E-state index >= 15 is 0 Å². The number of rotatable bonds is 6. The minimum atomic E-state index is -1.93. The molecule has 4 N–H and O–H groups in total. The highest BCUT2D eigenvalue weighted by molar-refractivity contribution is 5.57. The van der Waals surface area contributed by atoms with Gasteiger partial charge in [-0.2, -0.15) is 4.94 Å². The third-order valence-corrected chi connectivity index (χ3v) is 1.50. The van der Waals surface area contributed by atoms with E-state index in [0.29, 0.717) is 0 Å². The fraction of sp³-hybridized carbons (Fsp3) is 0.833. The number of aliphatic hydroxyl groups is 4. The smallest absolute Gasteiger partial charge is 0.182 e. The van der Waals surface area contributed by atoms with E-state index in [1.165, 1.54) is 0 Å². The van der Waals surface area contributed by atoms with Crippen LogP contribution in [-0.2, 0) is 9.74 Å². The number of carbonyl (C=O) groups is 1. The Morgan fingerprint density at radius 3 is 2.15 bits per heavy atom. The number of carbonyl (C=O) groups excluding carboxylic acids is 1. The largest absolute Gasteiger partial charge is 0.394 e. The molecule has 0 aliphatic rings. The van der Waals surface area contributed by atoms with Crippen molar-refractivity contribution in [2.24, 2.45) is 0 Å². The number of halogens is 1. The highest BCUT2D eigenvalue weighted by Crippen LogP contribution is 2.06. The van der Waals surface area contributed by atoms with Crippen molar-refractivity contribution in [1.29, 1.82) is 0 Å². The lowest BCUT2D eigenvalue weighted by molar-refractivity contribution is -0.220. The quantitative estimate of drug-likeness (QED) is 0.352. The zero-order valence-electron chi connectivity index (χ0n) is 6.58. The molecule has 0 aromatic carbocycles. The Morgan fingerprint density at radius 2 is 1.85 bits per heavy atom. The lowest BCUT2D eigenvalue weighted by Crippen LogP contribution is -2.46. The van der Waals surface area contributed by atoms with E-state index in [4.69, 9.17) is 20.4 Å². The summed E-state index contributed by atoms with van der Waals surface area (Å²) in [5, 5.41) is 35.0. The topological polar surface area (TPSA) is 107 Å². The molecule has 0 amide bonds. The van der Waals surface area contributed by atoms with E-state index in [0.717, 1.165) is 0 Å². The number of hydrogen-bond donors (Lipinski definition) is 4. The average Bonchev–Trinajstić information content (AvgIpc) is 2.17. The Kier molecular flexibility index (Phi) is 5.67. The van der Waals surface area contributed by atoms with Gasteiger partial charge in [-0.15, -0.1) is 0 Å². The molecule has 0 fully saturated rings. The van der Waals surface area contributed by atoms with Crippen LogP contribution >= 0.6 is 0 Å². The van der Waals surface area contributed by atoms with Crippen LogP contribution in [0.4, 0.5) is 4.53 Å². The Bertz CT molecular complexity index is 154. The van der Waals surface area contributed by atoms with Gasteiger partial charge in [-0.25, -0.2) is 0 Å². The zero-order valence-corrected chi connectivity index (χ0v) is 6.58. The molecule has 7 heteroatoms. The summed E-state index contributed by atoms with van der Waals surface area (Å²) in [6.07, 6.45) is -7.39. The van der Waals surface area contributed by atoms with Crippen LogP contribution in [0.15, 0.2) is 0 Å². The van der Waals surface area contributed by atoms with Crippen molar-refractivity contribution in [2.75, 3.05) is 6.61 Å². The van der Waals surface area contributed by atoms with Crippen molar-refractivity contribution >= 4 is 6.29 Å². The number of aliphatic hydroxyl groups excluding tert-OH is 4. The van der Waals surface area contributed by atoms with Gasteiger partial charge >= 0.3 is 0 Å². The molecule has 0 aliphatic carbocycles. The maximum atomic E-state index is 11.5. The van der Waals surface area contributed by atoms with Crippen LogP contribution in [0, 0.1) is 0 Å². The highest BCUT2D eigenvalue weighted by atomic mass is 19.3. The van der Waals surface area contributed by atoms with Gasteiger partial charge in [0.2, 0.25) is 0 Å². The molecule has 0 aliphatic heterocycles. The summed E-state index contributed by atoms with van der Waals surface area (Å²) < 4.78 is 11.5. The third kappa shape index (κ3) is 3.33. The SMILES string of the molecule is O=C[C@H](OF)[C@@H](O)[C@H](O)[C@H](O)CO. The molecule has 0 aromatic rings. The van der Waals surface area contributed by atoms with Crippen LogP contribution in [0.5, 0.6) is 0 Å². The van der Waals surface area contributed by atoms with Gasteiger partial charge in [0.05, 0.1) is 6.61 Å². The van der Waals surface area contributed by atoms with Crippen molar-refractivity contribution in [2.45, 2.75) is 24.4 Å². The molecule has 0 unspecified atom stereocenters. The van der Waals surface area contributed by atoms with Gasteiger partial charge in [0.1, 0.15) is 18.3 Å². The van der Waals surface area contributed by atoms with Crippen LogP contribution in [0.2, 0.25) is 0 Å². The molecule has 0 aromatic heterocycles. The second-order valence-electron chi connectivity index (χ2n) is 2.42. The van der Waals surface area contributed by atoms with Gasteiger partial charge in [-0.05, 0) is 4.53 Å². The van der Waals surface area contributed by atoms with Crippen molar-refractivity contribution in [3.05, 3.63) is 0 Å². The molecule has 0 saturated carbocycles. The third-order valence-electron chi connectivity index (χ3n) is 1.50. The van der Waals surface area contributed by atoms with Crippen molar-refractivity contribution in [1.82, 2.24) is 0 Å². The Balaban J connectivity index is 4.21. The molecule has 0 radical (unpaired) electrons. The van der Waals surface area contributed by atoms with E-state index in [1.54, 1.807) is 0 Å². The molecule has 0 saturated heterocycles. The van der Waals surface area contributed by atoms with Crippen LogP contribution < -0.4 is 0 Å². The summed E-state index contributed by atoms with van der Waals surface area (Å²) in [5.41, 5.74) is 0. The first-order valence-electron chi connectivity index (χ1n) is 3.46. The highest BCUT2D eigenvalue weighted by Gasteiger charge is 2.32. The lowest BCUT2D eigenvalue weighted by atomic mass is 10.0. The zero-order chi connectivity index (χ0) is 10.4. The van der Waals surface area contributed by atoms with Crippen LogP contribution in [-0.4, -0.2) is 57.7 Å². The predicted octanol–water partition coefficient (Wildman–Crippen LogP) is -2.47. The summed E-state index contributed by atoms with van der Waals surface area (Å²) >= 11 is 0. The van der Waals surface area contributed by atoms with Crippen molar-refractivity contribution < 1.29 is 34.7 Å². The van der Waals surface area contributed by atoms with E-state index in [9.17, 15) is 9.32 Å². The first kappa shape index (κ1) is 12.4. The second-order valence-corrected chi connectivity index (χ2v) is 2.42. The monoisotopic (exact) mass is 198 g/mol. The van der Waals surface area contributed by atoms with Crippen molar-refractivity contribution in [3.63, 3.8) is 0 Å². The first-order chi connectivity index (χ1) is 6.08. The van der Waals surface area contributed by atoms with E-state index in [-0.39, 0.29) is 6.29 Å². The van der Waals surface area contributed by atoms with Crippen LogP contribution in [0.1, 0.15) is 0 Å². The standard InChI is InChI=1S/C6H11FO6/c7-13-4(2-9)6(12)5(11)3(10)1-8/h2-6,8,10-12H,1H2/t3-,4+,5-,6-/m1/s1. The predicted molar refractivity (Wildman–Crippen MR) is 37.2 cm³/mol. The van der Waals surface area contributed by atoms with E-state index < -0.39 is 31.0 Å². The van der Waals surface area contributed by atoms with Gasteiger partial charge in [-0.1, -0.05) is 0 Å². The minimum Gasteiger partial charge on any atom is -0.394 e. The number of hydrogen-bond acceptors (Lipinski definition) is 6. The van der Waals surface area contributed by atoms with Crippen LogP contribution in [0.25, 0.3) is 0 Å². The van der Waals surface area contributed by atoms with Gasteiger partial charge < -0.3 is 25.2 Å². The molecular weight excluding hydrogens is 187 g/mol. The maximum absolute atomic E-state index is 11.5. The minimum absolute atomic E-state index is 0.0714. The molecule has 4 atom stereocenters. The van der Waals surface area contributed by atoms with Gasteiger partial charge in [0.15, 0.2) is 12.4 Å². The lowest BCUT2D eigenvalue weighted by Gasteiger charge is -2.22. The van der Waals surface area contributed by atoms with Gasteiger partial charge in [0, 0.05) is 0 Å². The maximum Gasteiger partial charge on any atom is 0.182 e. The summed E-state index contributed by atoms with van der Waals surface area (Å²) in [6.45, 7) is -0.823. The Morgan fingerprint density at radius 1 is 1.31 bits per heavy atom. The Labute approximate surface area is 73.1 Å². The van der Waals surface area contributed by atoms with Gasteiger partial charge in [0.25, 0.3) is 0 Å². The molecule has 78 valence electrons. The number of aldehydes is 1. The fourth-order valence-corrected chi connectivity index (χ4v) is 0.684. The summed E-state index contributed by atoms with van der Waals surface area (Å²) in [5.74, 6) is 0. The van der Waals surface area contributed by atoms with Gasteiger partial charge in [-0.3, -0.25) is 0 Å². The van der Waals surface area contributed by atoms with Crippen molar-refractivity contribution in [3.8, 4) is 0 Å². The van der Waals surface area contributed by atoms with E-state index in [2.05, 4.69) is 4.94 Å². The second kappa shape index (κ2) is 5.95.